The lowest BCUT2D eigenvalue weighted by Gasteiger charge is -2.33. The summed E-state index contributed by atoms with van der Waals surface area (Å²) in [5.41, 5.74) is 9.16. The number of aliphatic imine (C=N–C) groups is 2. The van der Waals surface area contributed by atoms with Crippen LogP contribution in [0.2, 0.25) is 5.02 Å². The van der Waals surface area contributed by atoms with Crippen LogP contribution in [0.25, 0.3) is 0 Å². The summed E-state index contributed by atoms with van der Waals surface area (Å²) in [4.78, 5) is 15.7. The summed E-state index contributed by atoms with van der Waals surface area (Å²) in [6.45, 7) is 2.92. The minimum absolute atomic E-state index is 0.229. The molecule has 1 saturated carbocycles. The van der Waals surface area contributed by atoms with Crippen molar-refractivity contribution in [3.05, 3.63) is 74.2 Å². The Balaban J connectivity index is 1.64. The number of hydrogen-bond donors (Lipinski definition) is 2. The maximum atomic E-state index is 13.9. The number of halogens is 2. The molecule has 36 heavy (non-hydrogen) atoms. The summed E-state index contributed by atoms with van der Waals surface area (Å²) >= 11 is 7.93. The number of nitrogens with two attached hydrogens (primary N) is 1. The predicted octanol–water partition coefficient (Wildman–Crippen LogP) is 3.78. The number of rotatable bonds is 8. The Hall–Kier alpha value is -2.60. The van der Waals surface area contributed by atoms with Crippen LogP contribution in [0.3, 0.4) is 0 Å². The molecule has 3 N–H and O–H groups in total. The smallest absolute Gasteiger partial charge is 0.214 e. The number of hydrogen-bond acceptors (Lipinski definition) is 8. The van der Waals surface area contributed by atoms with Gasteiger partial charge in [0.25, 0.3) is 0 Å². The van der Waals surface area contributed by atoms with Gasteiger partial charge in [-0.1, -0.05) is 17.7 Å². The van der Waals surface area contributed by atoms with Crippen molar-refractivity contribution in [3.63, 3.8) is 0 Å². The number of thiazole rings is 1. The number of fused-ring (bicyclic) bond motifs is 1. The molecule has 2 aliphatic heterocycles. The van der Waals surface area contributed by atoms with Crippen LogP contribution in [0, 0.1) is 5.82 Å². The quantitative estimate of drug-likeness (QED) is 0.487. The summed E-state index contributed by atoms with van der Waals surface area (Å²) < 4.78 is 42.2. The van der Waals surface area contributed by atoms with Crippen LogP contribution in [0.4, 0.5) is 4.39 Å². The Bertz CT molecular complexity index is 1380. The predicted molar refractivity (Wildman–Crippen MR) is 141 cm³/mol. The third-order valence-electron chi connectivity index (χ3n) is 6.29. The van der Waals surface area contributed by atoms with E-state index < -0.39 is 21.9 Å². The molecular weight excluding hydrogens is 523 g/mol. The standard InChI is InChI=1S/C24H26ClFN6O2S2/c1-2-28-8-7-19(27)21-20-12-15(31-36(33,34)16-4-5-16)13-32(20)23(24-29-9-10-35-24)30-22(21)17-6-3-14(26)11-18(17)25/h3,6-11,15-16,22,31H,2,4-5,12-13,27H2,1H3/t15-,22-/m0/s1. The second kappa shape index (κ2) is 10.0. The molecule has 3 aliphatic rings. The Morgan fingerprint density at radius 3 is 2.89 bits per heavy atom. The Kier molecular flexibility index (Phi) is 6.99. The van der Waals surface area contributed by atoms with Crippen molar-refractivity contribution in [2.24, 2.45) is 15.7 Å². The van der Waals surface area contributed by atoms with E-state index in [9.17, 15) is 12.8 Å². The second-order valence-corrected chi connectivity index (χ2v) is 12.2. The third-order valence-corrected chi connectivity index (χ3v) is 9.40. The van der Waals surface area contributed by atoms with E-state index >= 15 is 0 Å². The summed E-state index contributed by atoms with van der Waals surface area (Å²) in [6, 6.07) is 3.22. The molecule has 0 bridgehead atoms. The molecule has 2 fully saturated rings. The van der Waals surface area contributed by atoms with Gasteiger partial charge in [-0.15, -0.1) is 11.3 Å². The van der Waals surface area contributed by atoms with Crippen LogP contribution in [-0.4, -0.2) is 54.7 Å². The van der Waals surface area contributed by atoms with Gasteiger partial charge in [-0.3, -0.25) is 9.98 Å². The van der Waals surface area contributed by atoms with Crippen molar-refractivity contribution in [1.82, 2.24) is 14.6 Å². The van der Waals surface area contributed by atoms with E-state index in [2.05, 4.69) is 14.7 Å². The SMILES string of the molecule is CCN=CC=C(N)C1=C2C[C@H](NS(=O)(=O)C3CC3)CN2C(c2nccs2)=N[C@H]1c1ccc(F)cc1Cl. The number of benzene rings is 1. The minimum Gasteiger partial charge on any atom is -0.398 e. The molecule has 12 heteroatoms. The van der Waals surface area contributed by atoms with Crippen LogP contribution in [0.15, 0.2) is 62.8 Å². The number of allylic oxidation sites excluding steroid dienone is 1. The number of aromatic nitrogens is 1. The second-order valence-electron chi connectivity index (χ2n) is 8.86. The molecule has 0 amide bonds. The molecule has 190 valence electrons. The van der Waals surface area contributed by atoms with Gasteiger partial charge < -0.3 is 10.6 Å². The van der Waals surface area contributed by atoms with E-state index in [1.165, 1.54) is 23.5 Å². The van der Waals surface area contributed by atoms with Gasteiger partial charge in [0.05, 0.1) is 5.25 Å². The normalized spacial score (nSPS) is 22.9. The van der Waals surface area contributed by atoms with Gasteiger partial charge in [-0.2, -0.15) is 0 Å². The molecule has 1 saturated heterocycles. The van der Waals surface area contributed by atoms with Gasteiger partial charge in [-0.05, 0) is 38.0 Å². The molecule has 1 aromatic heterocycles. The van der Waals surface area contributed by atoms with Crippen molar-refractivity contribution in [2.75, 3.05) is 13.1 Å². The van der Waals surface area contributed by atoms with Crippen LogP contribution >= 0.6 is 22.9 Å². The number of sulfonamides is 1. The highest BCUT2D eigenvalue weighted by Crippen LogP contribution is 2.44. The highest BCUT2D eigenvalue weighted by molar-refractivity contribution is 7.90. The summed E-state index contributed by atoms with van der Waals surface area (Å²) in [5.74, 6) is 0.158. The van der Waals surface area contributed by atoms with Crippen molar-refractivity contribution >= 4 is 45.0 Å². The monoisotopic (exact) mass is 548 g/mol. The lowest BCUT2D eigenvalue weighted by atomic mass is 9.92. The van der Waals surface area contributed by atoms with Crippen molar-refractivity contribution in [2.45, 2.75) is 43.5 Å². The van der Waals surface area contributed by atoms with E-state index in [-0.39, 0.29) is 16.3 Å². The van der Waals surface area contributed by atoms with Crippen LogP contribution < -0.4 is 10.5 Å². The molecule has 2 aromatic rings. The fourth-order valence-corrected chi connectivity index (χ4v) is 7.00. The maximum Gasteiger partial charge on any atom is 0.214 e. The zero-order valence-corrected chi connectivity index (χ0v) is 22.0. The highest BCUT2D eigenvalue weighted by Gasteiger charge is 2.43. The van der Waals surface area contributed by atoms with Crippen molar-refractivity contribution < 1.29 is 12.8 Å². The number of nitrogens with zero attached hydrogens (tertiary/aromatic N) is 4. The summed E-state index contributed by atoms with van der Waals surface area (Å²) in [5, 5.41) is 2.45. The summed E-state index contributed by atoms with van der Waals surface area (Å²) in [6.07, 6.45) is 6.83. The number of amidine groups is 1. The van der Waals surface area contributed by atoms with E-state index in [0.29, 0.717) is 60.0 Å². The lowest BCUT2D eigenvalue weighted by molar-refractivity contribution is 0.511. The molecule has 5 rings (SSSR count). The average molecular weight is 549 g/mol. The first-order chi connectivity index (χ1) is 17.3. The van der Waals surface area contributed by atoms with Gasteiger partial charge in [-0.25, -0.2) is 22.5 Å². The molecule has 2 atom stereocenters. The Morgan fingerprint density at radius 1 is 1.42 bits per heavy atom. The molecule has 1 aliphatic carbocycles. The maximum absolute atomic E-state index is 13.9. The third kappa shape index (κ3) is 4.97. The van der Waals surface area contributed by atoms with Gasteiger partial charge in [0.2, 0.25) is 10.0 Å². The highest BCUT2D eigenvalue weighted by atomic mass is 35.5. The summed E-state index contributed by atoms with van der Waals surface area (Å²) in [7, 11) is -3.40. The van der Waals surface area contributed by atoms with Gasteiger partial charge in [0.15, 0.2) is 10.8 Å². The van der Waals surface area contributed by atoms with Crippen LogP contribution in [0.1, 0.15) is 42.8 Å². The molecule has 8 nitrogen and oxygen atoms in total. The fourth-order valence-electron chi connectivity index (χ4n) is 4.51. The van der Waals surface area contributed by atoms with Gasteiger partial charge in [0, 0.05) is 70.9 Å². The van der Waals surface area contributed by atoms with Crippen LogP contribution in [-0.2, 0) is 10.0 Å². The largest absolute Gasteiger partial charge is 0.398 e. The first-order valence-electron chi connectivity index (χ1n) is 11.7. The van der Waals surface area contributed by atoms with E-state index in [1.807, 2.05) is 17.2 Å². The first-order valence-corrected chi connectivity index (χ1v) is 14.5. The zero-order valence-electron chi connectivity index (χ0n) is 19.6. The molecule has 0 spiro atoms. The van der Waals surface area contributed by atoms with Gasteiger partial charge in [0.1, 0.15) is 11.9 Å². The van der Waals surface area contributed by atoms with E-state index in [0.717, 1.165) is 5.70 Å². The molecule has 3 heterocycles. The topological polar surface area (TPSA) is 113 Å². The van der Waals surface area contributed by atoms with E-state index in [4.69, 9.17) is 22.3 Å². The fraction of sp³-hybridized carbons (Fsp3) is 0.375. The number of nitrogens with one attached hydrogen (secondary N) is 1. The lowest BCUT2D eigenvalue weighted by Crippen LogP contribution is -2.40. The minimum atomic E-state index is -3.40. The Labute approximate surface area is 218 Å². The zero-order chi connectivity index (χ0) is 25.4. The van der Waals surface area contributed by atoms with Crippen LogP contribution in [0.5, 0.6) is 0 Å². The molecular formula is C24H26ClFN6O2S2. The average Bonchev–Trinajstić information content (AvgIpc) is 3.41. The molecule has 0 unspecified atom stereocenters. The molecule has 1 aromatic carbocycles. The van der Waals surface area contributed by atoms with Gasteiger partial charge >= 0.3 is 0 Å². The van der Waals surface area contributed by atoms with Crippen molar-refractivity contribution in [1.29, 1.82) is 0 Å². The Morgan fingerprint density at radius 2 is 2.22 bits per heavy atom. The molecule has 0 radical (unpaired) electrons. The van der Waals surface area contributed by atoms with E-state index in [1.54, 1.807) is 24.6 Å². The first kappa shape index (κ1) is 25.1. The van der Waals surface area contributed by atoms with Crippen molar-refractivity contribution in [3.8, 4) is 0 Å².